The smallest absolute Gasteiger partial charge is 0.379 e. The van der Waals surface area contributed by atoms with Crippen LogP contribution in [-0.4, -0.2) is 25.2 Å². The van der Waals surface area contributed by atoms with Crippen molar-refractivity contribution in [3.05, 3.63) is 32.9 Å². The van der Waals surface area contributed by atoms with E-state index in [4.69, 9.17) is 4.74 Å². The van der Waals surface area contributed by atoms with Gasteiger partial charge in [0.05, 0.1) is 18.2 Å². The van der Waals surface area contributed by atoms with Gasteiger partial charge in [-0.2, -0.15) is 13.2 Å². The van der Waals surface area contributed by atoms with E-state index in [1.165, 1.54) is 12.1 Å². The zero-order valence-corrected chi connectivity index (χ0v) is 11.9. The zero-order chi connectivity index (χ0) is 14.0. The molecule has 1 aliphatic rings. The first-order chi connectivity index (χ1) is 8.88. The molecule has 1 N–H and O–H groups in total. The van der Waals surface area contributed by atoms with Crippen molar-refractivity contribution in [1.29, 1.82) is 0 Å². The lowest BCUT2D eigenvalue weighted by molar-refractivity contribution is -0.138. The predicted molar refractivity (Wildman–Crippen MR) is 70.9 cm³/mol. The first-order valence-electron chi connectivity index (χ1n) is 5.63. The Kier molecular flexibility index (Phi) is 4.34. The van der Waals surface area contributed by atoms with Crippen molar-refractivity contribution in [2.75, 3.05) is 13.2 Å². The second-order valence-electron chi connectivity index (χ2n) is 4.23. The highest BCUT2D eigenvalue weighted by Crippen LogP contribution is 2.33. The molecule has 3 nitrogen and oxygen atoms in total. The highest BCUT2D eigenvalue weighted by atomic mass is 127. The number of benzene rings is 1. The molecule has 1 aromatic carbocycles. The van der Waals surface area contributed by atoms with Gasteiger partial charge in [0.2, 0.25) is 0 Å². The Labute approximate surface area is 121 Å². The van der Waals surface area contributed by atoms with Crippen molar-refractivity contribution >= 4 is 28.5 Å². The van der Waals surface area contributed by atoms with E-state index in [9.17, 15) is 18.0 Å². The number of rotatable bonds is 2. The van der Waals surface area contributed by atoms with Crippen LogP contribution in [0, 0.1) is 3.57 Å². The molecule has 0 bridgehead atoms. The molecule has 19 heavy (non-hydrogen) atoms. The zero-order valence-electron chi connectivity index (χ0n) is 9.76. The molecule has 1 amide bonds. The average Bonchev–Trinajstić information content (AvgIpc) is 2.79. The first-order valence-corrected chi connectivity index (χ1v) is 6.71. The van der Waals surface area contributed by atoms with Crippen LogP contribution >= 0.6 is 22.6 Å². The lowest BCUT2D eigenvalue weighted by Gasteiger charge is -2.13. The summed E-state index contributed by atoms with van der Waals surface area (Å²) in [5.41, 5.74) is -0.502. The van der Waals surface area contributed by atoms with Crippen LogP contribution in [0.4, 0.5) is 13.2 Å². The number of carbonyl (C=O) groups excluding carboxylic acids is 1. The minimum atomic E-state index is -4.40. The molecule has 7 heteroatoms. The lowest BCUT2D eigenvalue weighted by Crippen LogP contribution is -2.35. The molecule has 1 heterocycles. The van der Waals surface area contributed by atoms with Crippen molar-refractivity contribution in [2.24, 2.45) is 0 Å². The van der Waals surface area contributed by atoms with Crippen LogP contribution < -0.4 is 5.32 Å². The molecule has 0 saturated carbocycles. The van der Waals surface area contributed by atoms with Crippen molar-refractivity contribution in [2.45, 2.75) is 18.6 Å². The van der Waals surface area contributed by atoms with Gasteiger partial charge < -0.3 is 10.1 Å². The van der Waals surface area contributed by atoms with Gasteiger partial charge in [-0.3, -0.25) is 4.79 Å². The second-order valence-corrected chi connectivity index (χ2v) is 5.39. The second kappa shape index (κ2) is 5.66. The molecule has 104 valence electrons. The summed E-state index contributed by atoms with van der Waals surface area (Å²) < 4.78 is 42.9. The monoisotopic (exact) mass is 385 g/mol. The number of halogens is 4. The van der Waals surface area contributed by atoms with Crippen LogP contribution in [0.1, 0.15) is 22.3 Å². The third-order valence-corrected chi connectivity index (χ3v) is 3.69. The van der Waals surface area contributed by atoms with Crippen LogP contribution in [0.5, 0.6) is 0 Å². The lowest BCUT2D eigenvalue weighted by atomic mass is 10.1. The summed E-state index contributed by atoms with van der Waals surface area (Å²) in [5, 5.41) is 2.73. The minimum absolute atomic E-state index is 0.0143. The van der Waals surface area contributed by atoms with Gasteiger partial charge in [0.15, 0.2) is 0 Å². The van der Waals surface area contributed by atoms with Crippen LogP contribution in [0.2, 0.25) is 0 Å². The normalized spacial score (nSPS) is 19.5. The molecular formula is C12H11F3INO2. The van der Waals surface area contributed by atoms with E-state index in [0.717, 1.165) is 12.5 Å². The van der Waals surface area contributed by atoms with Crippen molar-refractivity contribution in [3.8, 4) is 0 Å². The van der Waals surface area contributed by atoms with Gasteiger partial charge in [0.25, 0.3) is 5.91 Å². The minimum Gasteiger partial charge on any atom is -0.379 e. The first kappa shape index (κ1) is 14.6. The molecule has 2 rings (SSSR count). The van der Waals surface area contributed by atoms with Crippen molar-refractivity contribution in [3.63, 3.8) is 0 Å². The number of hydrogen-bond donors (Lipinski definition) is 1. The van der Waals surface area contributed by atoms with E-state index in [1.54, 1.807) is 22.6 Å². The summed E-state index contributed by atoms with van der Waals surface area (Å²) in [6.07, 6.45) is -3.67. The Morgan fingerprint density at radius 1 is 1.42 bits per heavy atom. The van der Waals surface area contributed by atoms with E-state index in [1.807, 2.05) is 0 Å². The van der Waals surface area contributed by atoms with E-state index in [2.05, 4.69) is 5.32 Å². The number of ether oxygens (including phenoxy) is 1. The number of amides is 1. The van der Waals surface area contributed by atoms with Crippen molar-refractivity contribution < 1.29 is 22.7 Å². The standard InChI is InChI=1S/C12H11F3INO2/c13-12(14,15)9-2-1-7(5-10(9)16)11(18)17-8-3-4-19-6-8/h1-2,5,8H,3-4,6H2,(H,17,18). The van der Waals surface area contributed by atoms with Gasteiger partial charge >= 0.3 is 6.18 Å². The fourth-order valence-corrected chi connectivity index (χ4v) is 2.62. The molecule has 1 saturated heterocycles. The van der Waals surface area contributed by atoms with Gasteiger partial charge in [-0.1, -0.05) is 0 Å². The Morgan fingerprint density at radius 2 is 2.16 bits per heavy atom. The number of nitrogens with one attached hydrogen (secondary N) is 1. The van der Waals surface area contributed by atoms with Gasteiger partial charge in [-0.25, -0.2) is 0 Å². The molecule has 1 aliphatic heterocycles. The Morgan fingerprint density at radius 3 is 2.68 bits per heavy atom. The molecular weight excluding hydrogens is 374 g/mol. The SMILES string of the molecule is O=C(NC1CCOC1)c1ccc(C(F)(F)F)c(I)c1. The maximum Gasteiger partial charge on any atom is 0.417 e. The van der Waals surface area contributed by atoms with Crippen LogP contribution in [0.15, 0.2) is 18.2 Å². The Bertz CT molecular complexity index is 484. The molecule has 0 aliphatic carbocycles. The van der Waals surface area contributed by atoms with E-state index < -0.39 is 11.7 Å². The van der Waals surface area contributed by atoms with Crippen LogP contribution in [0.3, 0.4) is 0 Å². The van der Waals surface area contributed by atoms with Gasteiger partial charge in [-0.05, 0) is 47.2 Å². The fraction of sp³-hybridized carbons (Fsp3) is 0.417. The fourth-order valence-electron chi connectivity index (χ4n) is 1.80. The maximum absolute atomic E-state index is 12.6. The summed E-state index contributed by atoms with van der Waals surface area (Å²) >= 11 is 1.58. The quantitative estimate of drug-likeness (QED) is 0.796. The number of alkyl halides is 3. The van der Waals surface area contributed by atoms with Gasteiger partial charge in [0, 0.05) is 15.7 Å². The molecule has 0 spiro atoms. The largest absolute Gasteiger partial charge is 0.417 e. The maximum atomic E-state index is 12.6. The summed E-state index contributed by atoms with van der Waals surface area (Å²) in [6, 6.07) is 3.31. The van der Waals surface area contributed by atoms with Gasteiger partial charge in [0.1, 0.15) is 0 Å². The summed E-state index contributed by atoms with van der Waals surface area (Å²) in [4.78, 5) is 11.9. The molecule has 1 atom stereocenters. The third-order valence-electron chi connectivity index (χ3n) is 2.80. The molecule has 1 aromatic rings. The predicted octanol–water partition coefficient (Wildman–Crippen LogP) is 2.83. The highest BCUT2D eigenvalue weighted by Gasteiger charge is 2.33. The molecule has 0 radical (unpaired) electrons. The Balaban J connectivity index is 2.12. The number of hydrogen-bond acceptors (Lipinski definition) is 2. The molecule has 1 unspecified atom stereocenters. The van der Waals surface area contributed by atoms with Crippen LogP contribution in [-0.2, 0) is 10.9 Å². The topological polar surface area (TPSA) is 38.3 Å². The van der Waals surface area contributed by atoms with E-state index in [0.29, 0.717) is 13.2 Å². The third kappa shape index (κ3) is 3.59. The number of carbonyl (C=O) groups is 1. The summed E-state index contributed by atoms with van der Waals surface area (Å²) in [7, 11) is 0. The Hall–Kier alpha value is -0.830. The van der Waals surface area contributed by atoms with Crippen LogP contribution in [0.25, 0.3) is 0 Å². The average molecular weight is 385 g/mol. The highest BCUT2D eigenvalue weighted by molar-refractivity contribution is 14.1. The summed E-state index contributed by atoms with van der Waals surface area (Å²) in [5.74, 6) is -0.373. The van der Waals surface area contributed by atoms with E-state index in [-0.39, 0.29) is 21.1 Å². The molecule has 1 fully saturated rings. The molecule has 0 aromatic heterocycles. The van der Waals surface area contributed by atoms with E-state index >= 15 is 0 Å². The van der Waals surface area contributed by atoms with Crippen molar-refractivity contribution in [1.82, 2.24) is 5.32 Å². The summed E-state index contributed by atoms with van der Waals surface area (Å²) in [6.45, 7) is 1.04. The van der Waals surface area contributed by atoms with Gasteiger partial charge in [-0.15, -0.1) is 0 Å².